The normalized spacial score (nSPS) is 12.8. The smallest absolute Gasteiger partial charge is 0.105 e. The minimum absolute atomic E-state index is 0.495. The molecule has 0 bridgehead atoms. The molecular formula is C14H16OS. The molecule has 0 saturated carbocycles. The summed E-state index contributed by atoms with van der Waals surface area (Å²) in [6.07, 6.45) is -0.495. The molecule has 0 aliphatic carbocycles. The standard InChI is InChI=1S/C14H16OS/c1-9-4-5-13(10(2)6-9)14(15)12-7-11(3)16-8-12/h4-8,14-15H,1-3H3. The third-order valence-electron chi connectivity index (χ3n) is 2.79. The molecule has 2 rings (SSSR count). The molecule has 0 aliphatic heterocycles. The van der Waals surface area contributed by atoms with Crippen molar-refractivity contribution in [3.05, 3.63) is 56.8 Å². The van der Waals surface area contributed by atoms with E-state index in [4.69, 9.17) is 0 Å². The highest BCUT2D eigenvalue weighted by atomic mass is 32.1. The van der Waals surface area contributed by atoms with Crippen molar-refractivity contribution in [2.24, 2.45) is 0 Å². The van der Waals surface area contributed by atoms with Gasteiger partial charge in [-0.25, -0.2) is 0 Å². The number of hydrogen-bond acceptors (Lipinski definition) is 2. The topological polar surface area (TPSA) is 20.2 Å². The third-order valence-corrected chi connectivity index (χ3v) is 3.67. The second kappa shape index (κ2) is 4.40. The van der Waals surface area contributed by atoms with Crippen molar-refractivity contribution in [2.45, 2.75) is 26.9 Å². The minimum Gasteiger partial charge on any atom is -0.384 e. The molecule has 0 amide bonds. The quantitative estimate of drug-likeness (QED) is 0.836. The van der Waals surface area contributed by atoms with Crippen LogP contribution in [0.4, 0.5) is 0 Å². The zero-order chi connectivity index (χ0) is 11.7. The Bertz CT molecular complexity index is 499. The lowest BCUT2D eigenvalue weighted by Gasteiger charge is -2.13. The molecule has 1 unspecified atom stereocenters. The molecule has 16 heavy (non-hydrogen) atoms. The molecule has 2 heteroatoms. The van der Waals surface area contributed by atoms with Crippen molar-refractivity contribution in [3.8, 4) is 0 Å². The van der Waals surface area contributed by atoms with Crippen LogP contribution < -0.4 is 0 Å². The van der Waals surface area contributed by atoms with Gasteiger partial charge in [-0.1, -0.05) is 23.8 Å². The average molecular weight is 232 g/mol. The molecule has 1 aromatic carbocycles. The molecule has 1 atom stereocenters. The molecule has 0 radical (unpaired) electrons. The second-order valence-electron chi connectivity index (χ2n) is 4.25. The first-order chi connectivity index (χ1) is 7.58. The maximum atomic E-state index is 10.3. The van der Waals surface area contributed by atoms with Gasteiger partial charge in [-0.05, 0) is 48.9 Å². The van der Waals surface area contributed by atoms with Crippen molar-refractivity contribution >= 4 is 11.3 Å². The fourth-order valence-corrected chi connectivity index (χ4v) is 2.64. The predicted molar refractivity (Wildman–Crippen MR) is 69.0 cm³/mol. The van der Waals surface area contributed by atoms with Gasteiger partial charge in [0.05, 0.1) is 0 Å². The Morgan fingerprint density at radius 3 is 2.44 bits per heavy atom. The van der Waals surface area contributed by atoms with Crippen molar-refractivity contribution in [3.63, 3.8) is 0 Å². The largest absolute Gasteiger partial charge is 0.384 e. The van der Waals surface area contributed by atoms with Crippen molar-refractivity contribution in [2.75, 3.05) is 0 Å². The number of rotatable bonds is 2. The molecule has 1 nitrogen and oxygen atoms in total. The zero-order valence-corrected chi connectivity index (χ0v) is 10.6. The summed E-state index contributed by atoms with van der Waals surface area (Å²) in [7, 11) is 0. The van der Waals surface area contributed by atoms with Gasteiger partial charge in [0.25, 0.3) is 0 Å². The van der Waals surface area contributed by atoms with Gasteiger partial charge in [-0.2, -0.15) is 0 Å². The van der Waals surface area contributed by atoms with E-state index in [9.17, 15) is 5.11 Å². The number of aliphatic hydroxyl groups is 1. The van der Waals surface area contributed by atoms with Gasteiger partial charge >= 0.3 is 0 Å². The first-order valence-electron chi connectivity index (χ1n) is 5.38. The van der Waals surface area contributed by atoms with Crippen molar-refractivity contribution in [1.82, 2.24) is 0 Å². The predicted octanol–water partition coefficient (Wildman–Crippen LogP) is 3.76. The van der Waals surface area contributed by atoms with Gasteiger partial charge in [-0.15, -0.1) is 11.3 Å². The molecule has 0 fully saturated rings. The summed E-state index contributed by atoms with van der Waals surface area (Å²) in [6.45, 7) is 6.17. The summed E-state index contributed by atoms with van der Waals surface area (Å²) in [4.78, 5) is 1.24. The Balaban J connectivity index is 2.37. The van der Waals surface area contributed by atoms with E-state index >= 15 is 0 Å². The Morgan fingerprint density at radius 2 is 1.88 bits per heavy atom. The van der Waals surface area contributed by atoms with Crippen LogP contribution in [0.1, 0.15) is 33.2 Å². The van der Waals surface area contributed by atoms with Gasteiger partial charge in [-0.3, -0.25) is 0 Å². The lowest BCUT2D eigenvalue weighted by Crippen LogP contribution is -2.00. The number of benzene rings is 1. The summed E-state index contributed by atoms with van der Waals surface area (Å²) >= 11 is 1.68. The summed E-state index contributed by atoms with van der Waals surface area (Å²) in [5, 5.41) is 12.3. The van der Waals surface area contributed by atoms with E-state index in [0.29, 0.717) is 0 Å². The molecule has 0 spiro atoms. The lowest BCUT2D eigenvalue weighted by molar-refractivity contribution is 0.220. The monoisotopic (exact) mass is 232 g/mol. The number of aliphatic hydroxyl groups excluding tert-OH is 1. The molecule has 84 valence electrons. The molecule has 0 aliphatic rings. The Labute approximate surface area is 100 Å². The fourth-order valence-electron chi connectivity index (χ4n) is 1.92. The van der Waals surface area contributed by atoms with Crippen LogP contribution in [0.3, 0.4) is 0 Å². The van der Waals surface area contributed by atoms with E-state index in [1.807, 2.05) is 24.4 Å². The van der Waals surface area contributed by atoms with Crippen molar-refractivity contribution < 1.29 is 5.11 Å². The lowest BCUT2D eigenvalue weighted by atomic mass is 9.98. The van der Waals surface area contributed by atoms with Crippen LogP contribution in [-0.2, 0) is 0 Å². The third kappa shape index (κ3) is 2.18. The van der Waals surface area contributed by atoms with Gasteiger partial charge in [0.2, 0.25) is 0 Å². The van der Waals surface area contributed by atoms with Crippen LogP contribution in [0.5, 0.6) is 0 Å². The number of hydrogen-bond donors (Lipinski definition) is 1. The summed E-state index contributed by atoms with van der Waals surface area (Å²) in [5.74, 6) is 0. The van der Waals surface area contributed by atoms with E-state index in [1.165, 1.54) is 10.4 Å². The Kier molecular flexibility index (Phi) is 3.13. The van der Waals surface area contributed by atoms with E-state index in [2.05, 4.69) is 26.0 Å². The molecule has 1 aromatic heterocycles. The second-order valence-corrected chi connectivity index (χ2v) is 5.37. The SMILES string of the molecule is Cc1ccc(C(O)c2csc(C)c2)c(C)c1. The minimum atomic E-state index is -0.495. The van der Waals surface area contributed by atoms with Crippen LogP contribution in [0.2, 0.25) is 0 Å². The van der Waals surface area contributed by atoms with E-state index < -0.39 is 6.10 Å². The van der Waals surface area contributed by atoms with Crippen molar-refractivity contribution in [1.29, 1.82) is 0 Å². The van der Waals surface area contributed by atoms with Crippen LogP contribution in [0.15, 0.2) is 29.6 Å². The Hall–Kier alpha value is -1.12. The average Bonchev–Trinajstić information content (AvgIpc) is 2.64. The zero-order valence-electron chi connectivity index (χ0n) is 9.82. The van der Waals surface area contributed by atoms with E-state index in [0.717, 1.165) is 16.7 Å². The van der Waals surface area contributed by atoms with Crippen LogP contribution in [0, 0.1) is 20.8 Å². The van der Waals surface area contributed by atoms with Crippen LogP contribution in [-0.4, -0.2) is 5.11 Å². The van der Waals surface area contributed by atoms with Gasteiger partial charge in [0.1, 0.15) is 6.10 Å². The van der Waals surface area contributed by atoms with E-state index in [1.54, 1.807) is 11.3 Å². The molecule has 1 heterocycles. The number of aryl methyl sites for hydroxylation is 3. The van der Waals surface area contributed by atoms with Gasteiger partial charge in [0, 0.05) is 4.88 Å². The highest BCUT2D eigenvalue weighted by Crippen LogP contribution is 2.28. The highest BCUT2D eigenvalue weighted by Gasteiger charge is 2.13. The summed E-state index contributed by atoms with van der Waals surface area (Å²) in [5.41, 5.74) is 4.38. The maximum absolute atomic E-state index is 10.3. The first kappa shape index (κ1) is 11.4. The molecule has 2 aromatic rings. The number of thiophene rings is 1. The molecular weight excluding hydrogens is 216 g/mol. The Morgan fingerprint density at radius 1 is 1.12 bits per heavy atom. The summed E-state index contributed by atoms with van der Waals surface area (Å²) < 4.78 is 0. The first-order valence-corrected chi connectivity index (χ1v) is 6.26. The van der Waals surface area contributed by atoms with Gasteiger partial charge in [0.15, 0.2) is 0 Å². The van der Waals surface area contributed by atoms with Crippen LogP contribution in [0.25, 0.3) is 0 Å². The van der Waals surface area contributed by atoms with E-state index in [-0.39, 0.29) is 0 Å². The fraction of sp³-hybridized carbons (Fsp3) is 0.286. The molecule has 1 N–H and O–H groups in total. The maximum Gasteiger partial charge on any atom is 0.105 e. The molecule has 0 saturated heterocycles. The van der Waals surface area contributed by atoms with Crippen LogP contribution >= 0.6 is 11.3 Å². The highest BCUT2D eigenvalue weighted by molar-refractivity contribution is 7.10. The van der Waals surface area contributed by atoms with Gasteiger partial charge < -0.3 is 5.11 Å². The summed E-state index contributed by atoms with van der Waals surface area (Å²) in [6, 6.07) is 8.22.